The van der Waals surface area contributed by atoms with Crippen molar-refractivity contribution < 1.29 is 14.7 Å². The SMILES string of the molecule is O=C([O-])Cc1c(C(=O)c2ccc(-c3cccnc3)cc2)[nH]c2cc(Cl)ccc12. The zero-order valence-corrected chi connectivity index (χ0v) is 15.4. The van der Waals surface area contributed by atoms with Crippen molar-refractivity contribution in [1.82, 2.24) is 9.97 Å². The zero-order chi connectivity index (χ0) is 19.7. The molecular weight excluding hydrogens is 376 g/mol. The molecule has 0 amide bonds. The van der Waals surface area contributed by atoms with E-state index in [1.54, 1.807) is 42.7 Å². The van der Waals surface area contributed by atoms with Crippen LogP contribution in [-0.4, -0.2) is 21.7 Å². The van der Waals surface area contributed by atoms with Crippen molar-refractivity contribution in [3.8, 4) is 11.1 Å². The number of halogens is 1. The second-order valence-electron chi connectivity index (χ2n) is 6.37. The van der Waals surface area contributed by atoms with Gasteiger partial charge in [-0.15, -0.1) is 0 Å². The van der Waals surface area contributed by atoms with Crippen molar-refractivity contribution >= 4 is 34.3 Å². The third kappa shape index (κ3) is 3.40. The van der Waals surface area contributed by atoms with E-state index in [2.05, 4.69) is 9.97 Å². The van der Waals surface area contributed by atoms with Crippen molar-refractivity contribution in [2.75, 3.05) is 0 Å². The minimum Gasteiger partial charge on any atom is -0.550 e. The third-order valence-electron chi connectivity index (χ3n) is 4.56. The number of benzene rings is 2. The maximum Gasteiger partial charge on any atom is 0.209 e. The van der Waals surface area contributed by atoms with Crippen molar-refractivity contribution in [2.24, 2.45) is 0 Å². The van der Waals surface area contributed by atoms with E-state index >= 15 is 0 Å². The van der Waals surface area contributed by atoms with E-state index in [4.69, 9.17) is 11.6 Å². The molecule has 2 aromatic heterocycles. The highest BCUT2D eigenvalue weighted by Crippen LogP contribution is 2.28. The lowest BCUT2D eigenvalue weighted by atomic mass is 9.99. The molecule has 0 saturated heterocycles. The number of rotatable bonds is 5. The van der Waals surface area contributed by atoms with E-state index in [1.807, 2.05) is 24.3 Å². The standard InChI is InChI=1S/C22H15ClN2O3/c23-16-7-8-17-18(11-20(26)27)21(25-19(17)10-16)22(28)14-5-3-13(4-6-14)15-2-1-9-24-12-15/h1-10,12,25H,11H2,(H,26,27)/p-1. The van der Waals surface area contributed by atoms with Crippen LogP contribution in [0.25, 0.3) is 22.0 Å². The van der Waals surface area contributed by atoms with Crippen LogP contribution in [0.5, 0.6) is 0 Å². The van der Waals surface area contributed by atoms with Gasteiger partial charge in [-0.1, -0.05) is 48.0 Å². The molecule has 0 fully saturated rings. The molecule has 138 valence electrons. The Kier molecular flexibility index (Phi) is 4.67. The second-order valence-corrected chi connectivity index (χ2v) is 6.80. The Balaban J connectivity index is 1.75. The largest absolute Gasteiger partial charge is 0.550 e. The quantitative estimate of drug-likeness (QED) is 0.530. The first-order chi connectivity index (χ1) is 13.5. The Labute approximate surface area is 165 Å². The van der Waals surface area contributed by atoms with Gasteiger partial charge in [0.2, 0.25) is 5.78 Å². The first-order valence-corrected chi connectivity index (χ1v) is 8.96. The number of aromatic nitrogens is 2. The number of ketones is 1. The smallest absolute Gasteiger partial charge is 0.209 e. The topological polar surface area (TPSA) is 85.9 Å². The molecule has 1 N–H and O–H groups in total. The number of fused-ring (bicyclic) bond motifs is 1. The predicted molar refractivity (Wildman–Crippen MR) is 105 cm³/mol. The Morgan fingerprint density at radius 1 is 1.04 bits per heavy atom. The lowest BCUT2D eigenvalue weighted by Crippen LogP contribution is -2.25. The number of aromatic amines is 1. The van der Waals surface area contributed by atoms with Gasteiger partial charge < -0.3 is 14.9 Å². The summed E-state index contributed by atoms with van der Waals surface area (Å²) in [5, 5.41) is 12.4. The molecule has 0 unspecified atom stereocenters. The summed E-state index contributed by atoms with van der Waals surface area (Å²) in [5.74, 6) is -1.54. The molecule has 0 aliphatic carbocycles. The summed E-state index contributed by atoms with van der Waals surface area (Å²) in [6, 6.07) is 15.9. The monoisotopic (exact) mass is 389 g/mol. The summed E-state index contributed by atoms with van der Waals surface area (Å²) in [4.78, 5) is 31.4. The Morgan fingerprint density at radius 2 is 1.82 bits per heavy atom. The zero-order valence-electron chi connectivity index (χ0n) is 14.6. The van der Waals surface area contributed by atoms with Gasteiger partial charge in [0, 0.05) is 46.3 Å². The van der Waals surface area contributed by atoms with Crippen LogP contribution < -0.4 is 5.11 Å². The number of carboxylic acid groups (broad SMARTS) is 1. The minimum absolute atomic E-state index is 0.232. The molecule has 2 heterocycles. The number of carbonyl (C=O) groups is 2. The minimum atomic E-state index is -1.25. The number of nitrogens with one attached hydrogen (secondary N) is 1. The fourth-order valence-electron chi connectivity index (χ4n) is 3.24. The number of nitrogens with zero attached hydrogens (tertiary/aromatic N) is 1. The molecule has 0 radical (unpaired) electrons. The molecular formula is C22H14ClN2O3-. The molecule has 0 atom stereocenters. The fourth-order valence-corrected chi connectivity index (χ4v) is 3.41. The van der Waals surface area contributed by atoms with Crippen LogP contribution in [0.4, 0.5) is 0 Å². The van der Waals surface area contributed by atoms with Gasteiger partial charge in [0.25, 0.3) is 0 Å². The van der Waals surface area contributed by atoms with Gasteiger partial charge in [-0.2, -0.15) is 0 Å². The van der Waals surface area contributed by atoms with Crippen molar-refractivity contribution in [3.63, 3.8) is 0 Å². The summed E-state index contributed by atoms with van der Waals surface area (Å²) in [5.41, 5.74) is 3.56. The number of carbonyl (C=O) groups excluding carboxylic acids is 2. The highest BCUT2D eigenvalue weighted by molar-refractivity contribution is 6.31. The van der Waals surface area contributed by atoms with E-state index < -0.39 is 5.97 Å². The molecule has 0 spiro atoms. The van der Waals surface area contributed by atoms with Crippen LogP contribution in [0.1, 0.15) is 21.6 Å². The van der Waals surface area contributed by atoms with Gasteiger partial charge in [0.1, 0.15) is 0 Å². The van der Waals surface area contributed by atoms with E-state index in [1.165, 1.54) is 0 Å². The van der Waals surface area contributed by atoms with Crippen molar-refractivity contribution in [2.45, 2.75) is 6.42 Å². The summed E-state index contributed by atoms with van der Waals surface area (Å²) < 4.78 is 0. The van der Waals surface area contributed by atoms with E-state index in [0.29, 0.717) is 27.1 Å². The van der Waals surface area contributed by atoms with Crippen LogP contribution in [0.15, 0.2) is 67.0 Å². The van der Waals surface area contributed by atoms with Crippen LogP contribution in [-0.2, 0) is 11.2 Å². The maximum absolute atomic E-state index is 13.1. The lowest BCUT2D eigenvalue weighted by molar-refractivity contribution is -0.304. The summed E-state index contributed by atoms with van der Waals surface area (Å²) in [6.45, 7) is 0. The molecule has 4 rings (SSSR count). The van der Waals surface area contributed by atoms with Gasteiger partial charge in [0.15, 0.2) is 0 Å². The third-order valence-corrected chi connectivity index (χ3v) is 4.79. The summed E-state index contributed by atoms with van der Waals surface area (Å²) >= 11 is 6.02. The predicted octanol–water partition coefficient (Wildman–Crippen LogP) is 3.41. The number of H-pyrrole nitrogens is 1. The molecule has 5 nitrogen and oxygen atoms in total. The molecule has 28 heavy (non-hydrogen) atoms. The van der Waals surface area contributed by atoms with Crippen molar-refractivity contribution in [3.05, 3.63) is 88.8 Å². The Bertz CT molecular complexity index is 1180. The van der Waals surface area contributed by atoms with Crippen LogP contribution in [0.2, 0.25) is 5.02 Å². The van der Waals surface area contributed by atoms with Gasteiger partial charge in [0.05, 0.1) is 5.69 Å². The van der Waals surface area contributed by atoms with Gasteiger partial charge in [-0.05, 0) is 34.9 Å². The highest BCUT2D eigenvalue weighted by Gasteiger charge is 2.19. The highest BCUT2D eigenvalue weighted by atomic mass is 35.5. The summed E-state index contributed by atoms with van der Waals surface area (Å²) in [6.07, 6.45) is 3.08. The molecule has 6 heteroatoms. The van der Waals surface area contributed by atoms with E-state index in [0.717, 1.165) is 11.1 Å². The lowest BCUT2D eigenvalue weighted by Gasteiger charge is -2.07. The van der Waals surface area contributed by atoms with Crippen molar-refractivity contribution in [1.29, 1.82) is 0 Å². The molecule has 2 aromatic carbocycles. The number of aliphatic carboxylic acids is 1. The number of carboxylic acids is 1. The van der Waals surface area contributed by atoms with Gasteiger partial charge in [-0.3, -0.25) is 9.78 Å². The molecule has 0 aliphatic rings. The maximum atomic E-state index is 13.1. The average molecular weight is 390 g/mol. The normalized spacial score (nSPS) is 10.9. The Morgan fingerprint density at radius 3 is 2.50 bits per heavy atom. The van der Waals surface area contributed by atoms with Crippen LogP contribution in [0, 0.1) is 0 Å². The first kappa shape index (κ1) is 17.9. The number of pyridine rings is 1. The van der Waals surface area contributed by atoms with Crippen LogP contribution in [0.3, 0.4) is 0 Å². The number of hydrogen-bond acceptors (Lipinski definition) is 4. The van der Waals surface area contributed by atoms with Crippen LogP contribution >= 0.6 is 11.6 Å². The van der Waals surface area contributed by atoms with E-state index in [9.17, 15) is 14.7 Å². The van der Waals surface area contributed by atoms with Gasteiger partial charge >= 0.3 is 0 Å². The molecule has 0 saturated carbocycles. The molecule has 0 bridgehead atoms. The average Bonchev–Trinajstić information content (AvgIpc) is 3.05. The number of hydrogen-bond donors (Lipinski definition) is 1. The second kappa shape index (κ2) is 7.29. The Hall–Kier alpha value is -3.44. The van der Waals surface area contributed by atoms with Gasteiger partial charge in [-0.25, -0.2) is 0 Å². The first-order valence-electron chi connectivity index (χ1n) is 8.58. The fraction of sp³-hybridized carbons (Fsp3) is 0.0455. The molecule has 4 aromatic rings. The molecule has 0 aliphatic heterocycles. The summed E-state index contributed by atoms with van der Waals surface area (Å²) in [7, 11) is 0. The van der Waals surface area contributed by atoms with E-state index in [-0.39, 0.29) is 17.9 Å².